The van der Waals surface area contributed by atoms with Crippen LogP contribution in [0.3, 0.4) is 0 Å². The fourth-order valence-electron chi connectivity index (χ4n) is 3.55. The number of aryl methyl sites for hydroxylation is 1. The summed E-state index contributed by atoms with van der Waals surface area (Å²) in [6, 6.07) is 16.0. The van der Waals surface area contributed by atoms with Gasteiger partial charge in [0.2, 0.25) is 5.91 Å². The molecule has 0 atom stereocenters. The summed E-state index contributed by atoms with van der Waals surface area (Å²) in [5.41, 5.74) is 4.20. The molecule has 6 nitrogen and oxygen atoms in total. The summed E-state index contributed by atoms with van der Waals surface area (Å²) in [6.07, 6.45) is 4.07. The van der Waals surface area contributed by atoms with Gasteiger partial charge in [0.1, 0.15) is 6.54 Å². The monoisotopic (exact) mass is 391 g/mol. The van der Waals surface area contributed by atoms with Gasteiger partial charge in [0.15, 0.2) is 5.76 Å². The van der Waals surface area contributed by atoms with Crippen molar-refractivity contribution >= 4 is 11.6 Å². The van der Waals surface area contributed by atoms with Crippen molar-refractivity contribution in [1.82, 2.24) is 9.88 Å². The number of carbonyl (C=O) groups excluding carboxylic acids is 1. The summed E-state index contributed by atoms with van der Waals surface area (Å²) in [5, 5.41) is 2.87. The number of aromatic nitrogens is 1. The van der Waals surface area contributed by atoms with E-state index in [1.54, 1.807) is 6.20 Å². The van der Waals surface area contributed by atoms with Crippen LogP contribution < -0.4 is 16.0 Å². The van der Waals surface area contributed by atoms with E-state index in [0.717, 1.165) is 29.8 Å². The van der Waals surface area contributed by atoms with E-state index >= 15 is 0 Å². The second-order valence-electron chi connectivity index (χ2n) is 7.49. The molecule has 1 saturated heterocycles. The highest BCUT2D eigenvalue weighted by molar-refractivity contribution is 5.75. The number of anilines is 1. The van der Waals surface area contributed by atoms with Crippen LogP contribution in [-0.4, -0.2) is 23.6 Å². The predicted molar refractivity (Wildman–Crippen MR) is 113 cm³/mol. The van der Waals surface area contributed by atoms with E-state index in [1.807, 2.05) is 43.3 Å². The highest BCUT2D eigenvalue weighted by Crippen LogP contribution is 2.20. The Balaban J connectivity index is 1.34. The van der Waals surface area contributed by atoms with Crippen molar-refractivity contribution in [2.45, 2.75) is 32.9 Å². The van der Waals surface area contributed by atoms with E-state index in [0.29, 0.717) is 12.3 Å². The number of oxazole rings is 1. The molecular formula is C23H25N3O3. The van der Waals surface area contributed by atoms with Crippen LogP contribution >= 0.6 is 0 Å². The van der Waals surface area contributed by atoms with E-state index in [4.69, 9.17) is 4.42 Å². The molecule has 1 aromatic heterocycles. The summed E-state index contributed by atoms with van der Waals surface area (Å²) in [6.45, 7) is 4.58. The molecule has 2 heterocycles. The van der Waals surface area contributed by atoms with Crippen LogP contribution in [0.1, 0.15) is 24.0 Å². The molecule has 0 radical (unpaired) electrons. The number of amides is 1. The number of hydrogen-bond acceptors (Lipinski definition) is 4. The van der Waals surface area contributed by atoms with E-state index in [2.05, 4.69) is 22.3 Å². The average Bonchev–Trinajstić information content (AvgIpc) is 3.38. The molecule has 0 spiro atoms. The van der Waals surface area contributed by atoms with E-state index < -0.39 is 5.76 Å². The third-order valence-corrected chi connectivity index (χ3v) is 5.25. The SMILES string of the molecule is Cc1ccc(-c2cn(CC(=O)NCc3ccc(N4CCCC4)cc3)c(=O)o2)cc1. The Morgan fingerprint density at radius 3 is 2.41 bits per heavy atom. The van der Waals surface area contributed by atoms with Crippen LogP contribution in [-0.2, 0) is 17.9 Å². The molecule has 1 aliphatic rings. The summed E-state index contributed by atoms with van der Waals surface area (Å²) in [5.74, 6) is -0.307. The predicted octanol–water partition coefficient (Wildman–Crippen LogP) is 3.33. The summed E-state index contributed by atoms with van der Waals surface area (Å²) in [4.78, 5) is 26.7. The lowest BCUT2D eigenvalue weighted by molar-refractivity contribution is -0.121. The first kappa shape index (κ1) is 19.1. The van der Waals surface area contributed by atoms with E-state index in [9.17, 15) is 9.59 Å². The van der Waals surface area contributed by atoms with E-state index in [-0.39, 0.29) is 12.5 Å². The van der Waals surface area contributed by atoms with E-state index in [1.165, 1.54) is 23.1 Å². The standard InChI is InChI=1S/C23H25N3O3/c1-17-4-8-19(9-5-17)21-15-26(23(28)29-21)16-22(27)24-14-18-6-10-20(11-7-18)25-12-2-3-13-25/h4-11,15H,2-3,12-14,16H2,1H3,(H,24,27). The molecule has 6 heteroatoms. The van der Waals surface area contributed by atoms with Crippen molar-refractivity contribution in [3.05, 3.63) is 76.4 Å². The molecule has 29 heavy (non-hydrogen) atoms. The van der Waals surface area contributed by atoms with Gasteiger partial charge >= 0.3 is 5.76 Å². The first-order valence-corrected chi connectivity index (χ1v) is 9.96. The summed E-state index contributed by atoms with van der Waals surface area (Å²) in [7, 11) is 0. The number of carbonyl (C=O) groups is 1. The molecule has 2 aromatic carbocycles. The number of rotatable bonds is 6. The zero-order valence-electron chi connectivity index (χ0n) is 16.6. The number of nitrogens with one attached hydrogen (secondary N) is 1. The summed E-state index contributed by atoms with van der Waals surface area (Å²) < 4.78 is 6.58. The first-order chi connectivity index (χ1) is 14.1. The normalized spacial score (nSPS) is 13.6. The number of hydrogen-bond donors (Lipinski definition) is 1. The Kier molecular flexibility index (Phi) is 5.51. The maximum Gasteiger partial charge on any atom is 0.419 e. The van der Waals surface area contributed by atoms with Gasteiger partial charge < -0.3 is 14.6 Å². The second kappa shape index (κ2) is 8.39. The minimum atomic E-state index is -0.536. The molecule has 0 aliphatic carbocycles. The van der Waals surface area contributed by atoms with Gasteiger partial charge in [-0.1, -0.05) is 42.0 Å². The molecule has 1 fully saturated rings. The molecule has 0 saturated carbocycles. The molecular weight excluding hydrogens is 366 g/mol. The van der Waals surface area contributed by atoms with Gasteiger partial charge in [-0.25, -0.2) is 4.79 Å². The highest BCUT2D eigenvalue weighted by Gasteiger charge is 2.13. The molecule has 1 N–H and O–H groups in total. The lowest BCUT2D eigenvalue weighted by Gasteiger charge is -2.17. The van der Waals surface area contributed by atoms with Crippen molar-refractivity contribution in [1.29, 1.82) is 0 Å². The topological polar surface area (TPSA) is 67.5 Å². The lowest BCUT2D eigenvalue weighted by Crippen LogP contribution is -2.30. The molecule has 0 unspecified atom stereocenters. The zero-order chi connectivity index (χ0) is 20.2. The number of benzene rings is 2. The quantitative estimate of drug-likeness (QED) is 0.700. The van der Waals surface area contributed by atoms with Gasteiger partial charge in [-0.15, -0.1) is 0 Å². The highest BCUT2D eigenvalue weighted by atomic mass is 16.4. The Hall–Kier alpha value is -3.28. The fraction of sp³-hybridized carbons (Fsp3) is 0.304. The largest absolute Gasteiger partial charge is 0.419 e. The van der Waals surface area contributed by atoms with Crippen molar-refractivity contribution < 1.29 is 9.21 Å². The van der Waals surface area contributed by atoms with Crippen molar-refractivity contribution in [2.75, 3.05) is 18.0 Å². The van der Waals surface area contributed by atoms with Crippen LogP contribution in [0.4, 0.5) is 5.69 Å². The third kappa shape index (κ3) is 4.59. The first-order valence-electron chi connectivity index (χ1n) is 9.96. The smallest absolute Gasteiger partial charge is 0.408 e. The molecule has 1 aliphatic heterocycles. The van der Waals surface area contributed by atoms with Crippen LogP contribution in [0.2, 0.25) is 0 Å². The van der Waals surface area contributed by atoms with Gasteiger partial charge in [0.25, 0.3) is 0 Å². The number of nitrogens with zero attached hydrogens (tertiary/aromatic N) is 2. The maximum absolute atomic E-state index is 12.3. The third-order valence-electron chi connectivity index (χ3n) is 5.25. The molecule has 150 valence electrons. The maximum atomic E-state index is 12.3. The molecule has 1 amide bonds. The second-order valence-corrected chi connectivity index (χ2v) is 7.49. The minimum Gasteiger partial charge on any atom is -0.408 e. The van der Waals surface area contributed by atoms with Crippen molar-refractivity contribution in [3.8, 4) is 11.3 Å². The zero-order valence-corrected chi connectivity index (χ0v) is 16.6. The van der Waals surface area contributed by atoms with Crippen LogP contribution in [0.25, 0.3) is 11.3 Å². The minimum absolute atomic E-state index is 0.0694. The molecule has 0 bridgehead atoms. The van der Waals surface area contributed by atoms with Crippen LogP contribution in [0, 0.1) is 6.92 Å². The van der Waals surface area contributed by atoms with Gasteiger partial charge in [-0.05, 0) is 37.5 Å². The van der Waals surface area contributed by atoms with Gasteiger partial charge in [-0.3, -0.25) is 9.36 Å². The Morgan fingerprint density at radius 2 is 1.72 bits per heavy atom. The Bertz CT molecular complexity index is 1030. The Labute approximate surface area is 169 Å². The van der Waals surface area contributed by atoms with Gasteiger partial charge in [-0.2, -0.15) is 0 Å². The summed E-state index contributed by atoms with van der Waals surface area (Å²) >= 11 is 0. The lowest BCUT2D eigenvalue weighted by atomic mass is 10.1. The van der Waals surface area contributed by atoms with Crippen molar-refractivity contribution in [3.63, 3.8) is 0 Å². The fourth-order valence-corrected chi connectivity index (χ4v) is 3.55. The van der Waals surface area contributed by atoms with Crippen molar-refractivity contribution in [2.24, 2.45) is 0 Å². The van der Waals surface area contributed by atoms with Crippen LogP contribution in [0.15, 0.2) is 63.9 Å². The average molecular weight is 391 g/mol. The van der Waals surface area contributed by atoms with Crippen LogP contribution in [0.5, 0.6) is 0 Å². The Morgan fingerprint density at radius 1 is 1.03 bits per heavy atom. The molecule has 3 aromatic rings. The van der Waals surface area contributed by atoms with Gasteiger partial charge in [0, 0.05) is 30.9 Å². The molecule has 4 rings (SSSR count). The van der Waals surface area contributed by atoms with Gasteiger partial charge in [0.05, 0.1) is 6.20 Å².